The van der Waals surface area contributed by atoms with E-state index in [4.69, 9.17) is 9.47 Å². The van der Waals surface area contributed by atoms with Crippen LogP contribution < -0.4 is 0 Å². The number of aliphatic hydroxyl groups is 1. The van der Waals surface area contributed by atoms with Gasteiger partial charge in [-0.1, -0.05) is 36.4 Å². The molecule has 0 amide bonds. The summed E-state index contributed by atoms with van der Waals surface area (Å²) in [4.78, 5) is 0. The van der Waals surface area contributed by atoms with Crippen molar-refractivity contribution in [2.24, 2.45) is 0 Å². The first-order valence-electron chi connectivity index (χ1n) is 6.58. The zero-order chi connectivity index (χ0) is 14.1. The lowest BCUT2D eigenvalue weighted by molar-refractivity contribution is -0.122. The molecule has 1 aromatic rings. The van der Waals surface area contributed by atoms with Crippen LogP contribution in [0.2, 0.25) is 0 Å². The summed E-state index contributed by atoms with van der Waals surface area (Å²) in [5.74, 6) is 0. The van der Waals surface area contributed by atoms with Crippen molar-refractivity contribution in [3.8, 4) is 0 Å². The van der Waals surface area contributed by atoms with Gasteiger partial charge in [0.25, 0.3) is 0 Å². The standard InChI is InChI=1S/C16H24O3/c1-4-5-11-16(2,18-3)15(17)13-19-12-14-9-7-6-8-10-14/h4,6-10,15,17H,1,5,11-13H2,2-3H3/t15-,16-/m1/s1. The van der Waals surface area contributed by atoms with E-state index in [9.17, 15) is 5.11 Å². The van der Waals surface area contributed by atoms with Gasteiger partial charge < -0.3 is 14.6 Å². The first-order chi connectivity index (χ1) is 9.12. The molecule has 0 aliphatic rings. The van der Waals surface area contributed by atoms with E-state index in [0.717, 1.165) is 18.4 Å². The summed E-state index contributed by atoms with van der Waals surface area (Å²) in [6, 6.07) is 9.91. The third-order valence-corrected chi connectivity index (χ3v) is 3.40. The van der Waals surface area contributed by atoms with Crippen molar-refractivity contribution in [1.29, 1.82) is 0 Å². The SMILES string of the molecule is C=CCC[C@@](C)(OC)[C@H](O)COCc1ccccc1. The molecular formula is C16H24O3. The second-order valence-corrected chi connectivity index (χ2v) is 4.86. The van der Waals surface area contributed by atoms with Crippen molar-refractivity contribution >= 4 is 0 Å². The van der Waals surface area contributed by atoms with Gasteiger partial charge in [0, 0.05) is 7.11 Å². The monoisotopic (exact) mass is 264 g/mol. The lowest BCUT2D eigenvalue weighted by atomic mass is 9.93. The molecule has 1 N–H and O–H groups in total. The maximum atomic E-state index is 10.2. The smallest absolute Gasteiger partial charge is 0.106 e. The lowest BCUT2D eigenvalue weighted by Crippen LogP contribution is -2.44. The van der Waals surface area contributed by atoms with Gasteiger partial charge in [-0.2, -0.15) is 0 Å². The van der Waals surface area contributed by atoms with Gasteiger partial charge in [0.05, 0.1) is 18.8 Å². The maximum absolute atomic E-state index is 10.2. The summed E-state index contributed by atoms with van der Waals surface area (Å²) in [6.07, 6.45) is 2.71. The van der Waals surface area contributed by atoms with Crippen molar-refractivity contribution in [2.75, 3.05) is 13.7 Å². The fourth-order valence-electron chi connectivity index (χ4n) is 1.83. The van der Waals surface area contributed by atoms with Gasteiger partial charge in [-0.05, 0) is 25.3 Å². The van der Waals surface area contributed by atoms with Gasteiger partial charge >= 0.3 is 0 Å². The molecule has 0 heterocycles. The first-order valence-corrected chi connectivity index (χ1v) is 6.58. The molecule has 0 unspecified atom stereocenters. The molecule has 0 saturated heterocycles. The van der Waals surface area contributed by atoms with Gasteiger partial charge in [0.15, 0.2) is 0 Å². The highest BCUT2D eigenvalue weighted by molar-refractivity contribution is 5.13. The summed E-state index contributed by atoms with van der Waals surface area (Å²) in [6.45, 7) is 6.35. The molecule has 106 valence electrons. The van der Waals surface area contributed by atoms with E-state index < -0.39 is 11.7 Å². The number of hydrogen-bond acceptors (Lipinski definition) is 3. The number of rotatable bonds is 9. The molecule has 0 saturated carbocycles. The van der Waals surface area contributed by atoms with E-state index in [-0.39, 0.29) is 6.61 Å². The zero-order valence-corrected chi connectivity index (χ0v) is 11.8. The van der Waals surface area contributed by atoms with Crippen LogP contribution in [0.3, 0.4) is 0 Å². The maximum Gasteiger partial charge on any atom is 0.106 e. The van der Waals surface area contributed by atoms with Crippen LogP contribution in [0.15, 0.2) is 43.0 Å². The number of hydrogen-bond donors (Lipinski definition) is 1. The van der Waals surface area contributed by atoms with Crippen molar-refractivity contribution in [3.63, 3.8) is 0 Å². The largest absolute Gasteiger partial charge is 0.388 e. The topological polar surface area (TPSA) is 38.7 Å². The quantitative estimate of drug-likeness (QED) is 0.697. The molecule has 0 aliphatic heterocycles. The highest BCUT2D eigenvalue weighted by Gasteiger charge is 2.32. The van der Waals surface area contributed by atoms with Gasteiger partial charge in [-0.15, -0.1) is 6.58 Å². The Balaban J connectivity index is 2.40. The number of benzene rings is 1. The Morgan fingerprint density at radius 2 is 2.05 bits per heavy atom. The van der Waals surface area contributed by atoms with Gasteiger partial charge in [-0.3, -0.25) is 0 Å². The molecule has 3 heteroatoms. The van der Waals surface area contributed by atoms with Crippen molar-refractivity contribution in [2.45, 2.75) is 38.1 Å². The van der Waals surface area contributed by atoms with Gasteiger partial charge in [0.2, 0.25) is 0 Å². The predicted molar refractivity (Wildman–Crippen MR) is 76.9 cm³/mol. The molecule has 0 aliphatic carbocycles. The summed E-state index contributed by atoms with van der Waals surface area (Å²) >= 11 is 0. The van der Waals surface area contributed by atoms with Crippen LogP contribution >= 0.6 is 0 Å². The summed E-state index contributed by atoms with van der Waals surface area (Å²) in [5, 5.41) is 10.2. The number of ether oxygens (including phenoxy) is 2. The van der Waals surface area contributed by atoms with E-state index >= 15 is 0 Å². The lowest BCUT2D eigenvalue weighted by Gasteiger charge is -2.32. The second kappa shape index (κ2) is 8.10. The number of aliphatic hydroxyl groups excluding tert-OH is 1. The minimum atomic E-state index is -0.652. The minimum Gasteiger partial charge on any atom is -0.388 e. The Morgan fingerprint density at radius 3 is 2.63 bits per heavy atom. The molecule has 0 aromatic heterocycles. The average molecular weight is 264 g/mol. The molecule has 3 nitrogen and oxygen atoms in total. The normalized spacial score (nSPS) is 15.7. The van der Waals surface area contributed by atoms with Crippen LogP contribution in [-0.4, -0.2) is 30.5 Å². The van der Waals surface area contributed by atoms with Crippen LogP contribution in [0, 0.1) is 0 Å². The molecule has 2 atom stereocenters. The van der Waals surface area contributed by atoms with Crippen molar-refractivity contribution < 1.29 is 14.6 Å². The molecule has 19 heavy (non-hydrogen) atoms. The zero-order valence-electron chi connectivity index (χ0n) is 11.8. The predicted octanol–water partition coefficient (Wildman–Crippen LogP) is 2.94. The van der Waals surface area contributed by atoms with Crippen LogP contribution in [0.5, 0.6) is 0 Å². The van der Waals surface area contributed by atoms with E-state index in [1.54, 1.807) is 7.11 Å². The number of allylic oxidation sites excluding steroid dienone is 1. The summed E-state index contributed by atoms with van der Waals surface area (Å²) < 4.78 is 11.0. The van der Waals surface area contributed by atoms with Crippen LogP contribution in [-0.2, 0) is 16.1 Å². The Kier molecular flexibility index (Phi) is 6.78. The minimum absolute atomic E-state index is 0.260. The summed E-state index contributed by atoms with van der Waals surface area (Å²) in [5.41, 5.74) is 0.505. The molecule has 0 fully saturated rings. The molecule has 1 aromatic carbocycles. The van der Waals surface area contributed by atoms with Crippen LogP contribution in [0.25, 0.3) is 0 Å². The van der Waals surface area contributed by atoms with E-state index in [0.29, 0.717) is 6.61 Å². The van der Waals surface area contributed by atoms with Crippen molar-refractivity contribution in [1.82, 2.24) is 0 Å². The third-order valence-electron chi connectivity index (χ3n) is 3.40. The van der Waals surface area contributed by atoms with Gasteiger partial charge in [0.1, 0.15) is 6.10 Å². The van der Waals surface area contributed by atoms with E-state index in [2.05, 4.69) is 6.58 Å². The highest BCUT2D eigenvalue weighted by Crippen LogP contribution is 2.22. The fraction of sp³-hybridized carbons (Fsp3) is 0.500. The van der Waals surface area contributed by atoms with E-state index in [1.165, 1.54) is 0 Å². The Bertz CT molecular complexity index is 364. The van der Waals surface area contributed by atoms with Crippen molar-refractivity contribution in [3.05, 3.63) is 48.6 Å². The molecule has 0 bridgehead atoms. The van der Waals surface area contributed by atoms with Crippen LogP contribution in [0.1, 0.15) is 25.3 Å². The number of methoxy groups -OCH3 is 1. The highest BCUT2D eigenvalue weighted by atomic mass is 16.5. The average Bonchev–Trinajstić information content (AvgIpc) is 2.45. The Hall–Kier alpha value is -1.16. The molecule has 1 rings (SSSR count). The summed E-state index contributed by atoms with van der Waals surface area (Å²) in [7, 11) is 1.61. The third kappa shape index (κ3) is 5.15. The molecular weight excluding hydrogens is 240 g/mol. The first kappa shape index (κ1) is 15.9. The molecule has 0 spiro atoms. The molecule has 0 radical (unpaired) electrons. The van der Waals surface area contributed by atoms with Gasteiger partial charge in [-0.25, -0.2) is 0 Å². The fourth-order valence-corrected chi connectivity index (χ4v) is 1.83. The van der Waals surface area contributed by atoms with E-state index in [1.807, 2.05) is 43.3 Å². The Morgan fingerprint density at radius 1 is 1.37 bits per heavy atom. The van der Waals surface area contributed by atoms with Crippen LogP contribution in [0.4, 0.5) is 0 Å². The second-order valence-electron chi connectivity index (χ2n) is 4.86. The Labute approximate surface area is 115 Å².